The second-order valence-corrected chi connectivity index (χ2v) is 7.88. The first-order valence-corrected chi connectivity index (χ1v) is 9.95. The Morgan fingerprint density at radius 2 is 1.94 bits per heavy atom. The summed E-state index contributed by atoms with van der Waals surface area (Å²) >= 11 is 0. The standard InChI is InChI=1S/C24H16FN3O3.ClH/c1-12-9-13-3-2-4-16-20(26-6-7-28(12)21(13)16)19-18(23(29)27-24(19)30)17-11-15(25)10-14-5-8-31-22(14)17;/h2-8,10-12H,9H2,1H3,(H,27,29,30);1H. The topological polar surface area (TPSA) is 74.9 Å². The number of carbonyl (C=O) groups excluding carboxylic acids is 2. The van der Waals surface area contributed by atoms with Gasteiger partial charge in [0, 0.05) is 35.0 Å². The average Bonchev–Trinajstić information content (AvgIpc) is 3.36. The molecule has 0 radical (unpaired) electrons. The number of imide groups is 1. The van der Waals surface area contributed by atoms with Gasteiger partial charge in [0.2, 0.25) is 0 Å². The average molecular weight is 450 g/mol. The van der Waals surface area contributed by atoms with Crippen molar-refractivity contribution < 1.29 is 18.4 Å². The van der Waals surface area contributed by atoms with Crippen molar-refractivity contribution in [1.29, 1.82) is 0 Å². The predicted molar refractivity (Wildman–Crippen MR) is 121 cm³/mol. The Kier molecular flexibility index (Phi) is 4.53. The summed E-state index contributed by atoms with van der Waals surface area (Å²) in [5, 5.41) is 2.87. The summed E-state index contributed by atoms with van der Waals surface area (Å²) in [6.07, 6.45) is 5.82. The second-order valence-electron chi connectivity index (χ2n) is 7.88. The van der Waals surface area contributed by atoms with E-state index in [1.165, 1.54) is 18.4 Å². The zero-order valence-electron chi connectivity index (χ0n) is 16.9. The Bertz CT molecular complexity index is 1420. The molecule has 1 aromatic heterocycles. The highest BCUT2D eigenvalue weighted by molar-refractivity contribution is 6.48. The molecule has 160 valence electrons. The molecule has 8 heteroatoms. The molecule has 0 bridgehead atoms. The van der Waals surface area contributed by atoms with Crippen LogP contribution in [0.15, 0.2) is 70.0 Å². The van der Waals surface area contributed by atoms with E-state index in [1.807, 2.05) is 18.3 Å². The molecule has 0 fully saturated rings. The van der Waals surface area contributed by atoms with E-state index >= 15 is 0 Å². The lowest BCUT2D eigenvalue weighted by molar-refractivity contribution is -0.123. The third-order valence-corrected chi connectivity index (χ3v) is 6.01. The van der Waals surface area contributed by atoms with Gasteiger partial charge in [0.15, 0.2) is 0 Å². The summed E-state index contributed by atoms with van der Waals surface area (Å²) in [7, 11) is 0. The number of anilines is 1. The van der Waals surface area contributed by atoms with Crippen molar-refractivity contribution in [2.75, 3.05) is 4.90 Å². The number of fused-ring (bicyclic) bond motifs is 1. The maximum absolute atomic E-state index is 14.4. The highest BCUT2D eigenvalue weighted by Crippen LogP contribution is 2.40. The number of hydrogen-bond donors (Lipinski definition) is 1. The highest BCUT2D eigenvalue weighted by atomic mass is 35.5. The molecule has 0 saturated carbocycles. The van der Waals surface area contributed by atoms with Gasteiger partial charge >= 0.3 is 0 Å². The van der Waals surface area contributed by atoms with Crippen LogP contribution in [-0.4, -0.2) is 23.6 Å². The first-order valence-electron chi connectivity index (χ1n) is 9.95. The number of nitrogens with one attached hydrogen (secondary N) is 1. The maximum Gasteiger partial charge on any atom is 0.261 e. The fourth-order valence-corrected chi connectivity index (χ4v) is 4.73. The van der Waals surface area contributed by atoms with Crippen LogP contribution in [0.2, 0.25) is 0 Å². The van der Waals surface area contributed by atoms with Crippen molar-refractivity contribution in [2.24, 2.45) is 4.99 Å². The third kappa shape index (κ3) is 2.74. The lowest BCUT2D eigenvalue weighted by Crippen LogP contribution is -2.26. The molecule has 1 unspecified atom stereocenters. The molecule has 0 spiro atoms. The Hall–Kier alpha value is -3.71. The minimum absolute atomic E-state index is 0. The van der Waals surface area contributed by atoms with Crippen molar-refractivity contribution in [3.05, 3.63) is 83.1 Å². The Labute approximate surface area is 188 Å². The Morgan fingerprint density at radius 3 is 2.78 bits per heavy atom. The molecule has 3 aliphatic rings. The fourth-order valence-electron chi connectivity index (χ4n) is 4.73. The molecule has 3 aromatic rings. The van der Waals surface area contributed by atoms with Crippen LogP contribution in [0.25, 0.3) is 16.5 Å². The first kappa shape index (κ1) is 20.2. The van der Waals surface area contributed by atoms with E-state index in [-0.39, 0.29) is 35.2 Å². The number of furan rings is 1. The minimum atomic E-state index is -0.600. The zero-order chi connectivity index (χ0) is 21.3. The van der Waals surface area contributed by atoms with E-state index < -0.39 is 17.6 Å². The van der Waals surface area contributed by atoms with Crippen molar-refractivity contribution >= 4 is 52.2 Å². The van der Waals surface area contributed by atoms with Crippen LogP contribution < -0.4 is 10.2 Å². The number of amides is 2. The van der Waals surface area contributed by atoms with Gasteiger partial charge in [0.05, 0.1) is 28.8 Å². The van der Waals surface area contributed by atoms with Gasteiger partial charge in [-0.3, -0.25) is 19.9 Å². The largest absolute Gasteiger partial charge is 0.464 e. The molecule has 2 amide bonds. The maximum atomic E-state index is 14.4. The van der Waals surface area contributed by atoms with E-state index in [9.17, 15) is 14.0 Å². The zero-order valence-corrected chi connectivity index (χ0v) is 17.7. The van der Waals surface area contributed by atoms with Crippen LogP contribution >= 0.6 is 12.4 Å². The first-order chi connectivity index (χ1) is 15.0. The van der Waals surface area contributed by atoms with Crippen LogP contribution in [0, 0.1) is 5.82 Å². The van der Waals surface area contributed by atoms with E-state index in [0.717, 1.165) is 23.2 Å². The molecule has 2 aromatic carbocycles. The number of para-hydroxylation sites is 1. The van der Waals surface area contributed by atoms with Crippen LogP contribution in [0.3, 0.4) is 0 Å². The van der Waals surface area contributed by atoms with Crippen LogP contribution in [0.1, 0.15) is 23.6 Å². The highest BCUT2D eigenvalue weighted by Gasteiger charge is 2.39. The summed E-state index contributed by atoms with van der Waals surface area (Å²) < 4.78 is 19.9. The summed E-state index contributed by atoms with van der Waals surface area (Å²) in [5.41, 5.74) is 4.02. The Morgan fingerprint density at radius 1 is 1.12 bits per heavy atom. The van der Waals surface area contributed by atoms with Gasteiger partial charge < -0.3 is 9.32 Å². The number of hydrogen-bond acceptors (Lipinski definition) is 5. The van der Waals surface area contributed by atoms with Gasteiger partial charge in [-0.15, -0.1) is 12.4 Å². The van der Waals surface area contributed by atoms with E-state index in [2.05, 4.69) is 28.2 Å². The van der Waals surface area contributed by atoms with Gasteiger partial charge in [-0.05, 0) is 37.1 Å². The van der Waals surface area contributed by atoms with Crippen LogP contribution in [0.5, 0.6) is 0 Å². The number of benzene rings is 2. The summed E-state index contributed by atoms with van der Waals surface area (Å²) in [4.78, 5) is 32.5. The number of aliphatic imine (C=N–C) groups is 1. The lowest BCUT2D eigenvalue weighted by Gasteiger charge is -2.21. The number of rotatable bonds is 2. The number of nitrogens with zero attached hydrogens (tertiary/aromatic N) is 2. The van der Waals surface area contributed by atoms with Crippen LogP contribution in [0.4, 0.5) is 10.1 Å². The summed E-state index contributed by atoms with van der Waals surface area (Å²) in [5.74, 6) is -1.68. The molecular weight excluding hydrogens is 433 g/mol. The predicted octanol–water partition coefficient (Wildman–Crippen LogP) is 4.13. The summed E-state index contributed by atoms with van der Waals surface area (Å²) in [6.45, 7) is 2.12. The molecule has 6 nitrogen and oxygen atoms in total. The normalized spacial score (nSPS) is 19.1. The summed E-state index contributed by atoms with van der Waals surface area (Å²) in [6, 6.07) is 10.3. The fraction of sp³-hybridized carbons (Fsp3) is 0.125. The molecule has 1 atom stereocenters. The molecule has 4 heterocycles. The molecular formula is C24H17ClFN3O3. The molecule has 1 N–H and O–H groups in total. The molecule has 3 aliphatic heterocycles. The van der Waals surface area contributed by atoms with E-state index in [1.54, 1.807) is 12.3 Å². The monoisotopic (exact) mass is 449 g/mol. The van der Waals surface area contributed by atoms with Crippen LogP contribution in [-0.2, 0) is 16.0 Å². The van der Waals surface area contributed by atoms with Gasteiger partial charge in [-0.2, -0.15) is 0 Å². The van der Waals surface area contributed by atoms with E-state index in [4.69, 9.17) is 4.42 Å². The number of halogens is 2. The third-order valence-electron chi connectivity index (χ3n) is 6.01. The second kappa shape index (κ2) is 7.17. The SMILES string of the molecule is CC1Cc2cccc3c2N1C=CN=C3C1=C(c2cc(F)cc3ccoc23)C(=O)NC1=O.Cl. The van der Waals surface area contributed by atoms with Gasteiger partial charge in [0.25, 0.3) is 11.8 Å². The van der Waals surface area contributed by atoms with E-state index in [0.29, 0.717) is 16.7 Å². The minimum Gasteiger partial charge on any atom is -0.464 e. The molecule has 0 aliphatic carbocycles. The van der Waals surface area contributed by atoms with Gasteiger partial charge in [-0.1, -0.05) is 18.2 Å². The molecule has 32 heavy (non-hydrogen) atoms. The lowest BCUT2D eigenvalue weighted by atomic mass is 9.92. The quantitative estimate of drug-likeness (QED) is 0.597. The number of carbonyl (C=O) groups is 2. The smallest absolute Gasteiger partial charge is 0.261 e. The van der Waals surface area contributed by atoms with Crippen molar-refractivity contribution in [3.63, 3.8) is 0 Å². The van der Waals surface area contributed by atoms with Crippen molar-refractivity contribution in [2.45, 2.75) is 19.4 Å². The Balaban J connectivity index is 0.00000216. The molecule has 0 saturated heterocycles. The van der Waals surface area contributed by atoms with Gasteiger partial charge in [-0.25, -0.2) is 4.39 Å². The van der Waals surface area contributed by atoms with Crippen molar-refractivity contribution in [1.82, 2.24) is 5.32 Å². The van der Waals surface area contributed by atoms with Crippen molar-refractivity contribution in [3.8, 4) is 0 Å². The molecule has 6 rings (SSSR count). The van der Waals surface area contributed by atoms with Gasteiger partial charge in [0.1, 0.15) is 11.4 Å².